The number of unbranched alkanes of at least 4 members (excludes halogenated alkanes) is 20. The molecule has 8 atom stereocenters. The first-order valence-electron chi connectivity index (χ1n) is 25.8. The minimum Gasteiger partial charge on any atom is -0.462 e. The van der Waals surface area contributed by atoms with Crippen LogP contribution in [0.1, 0.15) is 234 Å². The minimum atomic E-state index is -4.61. The highest BCUT2D eigenvalue weighted by Crippen LogP contribution is 2.68. The van der Waals surface area contributed by atoms with E-state index < -0.39 is 32.6 Å². The van der Waals surface area contributed by atoms with Crippen LogP contribution in [0.3, 0.4) is 0 Å². The minimum absolute atomic E-state index is 0.0265. The molecular weight excluding hydrogens is 800 g/mol. The second-order valence-electron chi connectivity index (χ2n) is 20.1. The molecule has 6 unspecified atom stereocenters. The molecule has 4 rings (SSSR count). The van der Waals surface area contributed by atoms with Gasteiger partial charge in [-0.15, -0.1) is 0 Å². The highest BCUT2D eigenvalue weighted by Gasteiger charge is 2.60. The Morgan fingerprint density at radius 1 is 0.726 bits per heavy atom. The van der Waals surface area contributed by atoms with Crippen LogP contribution in [-0.2, 0) is 37.5 Å². The first kappa shape index (κ1) is 52.8. The van der Waals surface area contributed by atoms with Gasteiger partial charge < -0.3 is 14.4 Å². The van der Waals surface area contributed by atoms with Gasteiger partial charge in [-0.05, 0) is 98.5 Å². The summed E-state index contributed by atoms with van der Waals surface area (Å²) in [5.74, 6) is 0.658. The number of hydrogen-bond acceptors (Lipinski definition) is 8. The number of phosphoric acid groups is 1. The van der Waals surface area contributed by atoms with E-state index in [2.05, 4.69) is 33.8 Å². The van der Waals surface area contributed by atoms with Gasteiger partial charge in [0.25, 0.3) is 0 Å². The Bertz CT molecular complexity index is 1470. The Hall–Kier alpha value is -1.80. The van der Waals surface area contributed by atoms with Gasteiger partial charge in [-0.2, -0.15) is 0 Å². The number of carbonyl (C=O) groups excluding carboxylic acids is 3. The first-order valence-corrected chi connectivity index (χ1v) is 27.3. The molecular formula is C52H89O9P. The van der Waals surface area contributed by atoms with Crippen LogP contribution in [0.5, 0.6) is 0 Å². The molecule has 0 saturated heterocycles. The predicted molar refractivity (Wildman–Crippen MR) is 249 cm³/mol. The lowest BCUT2D eigenvalue weighted by Gasteiger charge is -2.57. The molecule has 0 aromatic heterocycles. The highest BCUT2D eigenvalue weighted by molar-refractivity contribution is 7.47. The second-order valence-corrected chi connectivity index (χ2v) is 21.5. The van der Waals surface area contributed by atoms with Gasteiger partial charge in [0.15, 0.2) is 11.9 Å². The summed E-state index contributed by atoms with van der Waals surface area (Å²) >= 11 is 0. The number of rotatable bonds is 32. The number of phosphoric ester groups is 1. The van der Waals surface area contributed by atoms with E-state index in [1.54, 1.807) is 0 Å². The number of fused-ring (bicyclic) bond motifs is 5. The average molecular weight is 889 g/mol. The van der Waals surface area contributed by atoms with Gasteiger partial charge in [0, 0.05) is 19.3 Å². The van der Waals surface area contributed by atoms with Crippen molar-refractivity contribution in [3.63, 3.8) is 0 Å². The van der Waals surface area contributed by atoms with Crippen LogP contribution >= 0.6 is 7.82 Å². The van der Waals surface area contributed by atoms with Crippen molar-refractivity contribution in [1.29, 1.82) is 0 Å². The number of esters is 2. The quantitative estimate of drug-likeness (QED) is 0.0304. The molecule has 9 nitrogen and oxygen atoms in total. The highest BCUT2D eigenvalue weighted by atomic mass is 31.2. The molecule has 4 aliphatic carbocycles. The summed E-state index contributed by atoms with van der Waals surface area (Å²) < 4.78 is 36.7. The van der Waals surface area contributed by atoms with Crippen LogP contribution < -0.4 is 0 Å². The number of carbonyl (C=O) groups is 3. The summed E-state index contributed by atoms with van der Waals surface area (Å²) in [6.45, 7) is 10.5. The molecule has 62 heavy (non-hydrogen) atoms. The summed E-state index contributed by atoms with van der Waals surface area (Å²) in [5.41, 5.74) is 2.24. The van der Waals surface area contributed by atoms with Gasteiger partial charge >= 0.3 is 19.8 Å². The molecule has 10 heteroatoms. The number of hydrogen-bond donors (Lipinski definition) is 1. The van der Waals surface area contributed by atoms with Crippen molar-refractivity contribution in [1.82, 2.24) is 0 Å². The lowest BCUT2D eigenvalue weighted by Crippen LogP contribution is -2.49. The number of allylic oxidation sites excluding steroid dienone is 2. The fourth-order valence-electron chi connectivity index (χ4n) is 11.9. The third-order valence-electron chi connectivity index (χ3n) is 15.5. The van der Waals surface area contributed by atoms with Gasteiger partial charge in [-0.3, -0.25) is 23.4 Å². The second kappa shape index (κ2) is 27.6. The molecule has 0 aliphatic heterocycles. The van der Waals surface area contributed by atoms with E-state index >= 15 is 0 Å². The average Bonchev–Trinajstić information content (AvgIpc) is 3.53. The zero-order chi connectivity index (χ0) is 44.9. The lowest BCUT2D eigenvalue weighted by molar-refractivity contribution is -0.161. The van der Waals surface area contributed by atoms with Gasteiger partial charge in [0.1, 0.15) is 6.61 Å². The molecule has 4 aliphatic rings. The third kappa shape index (κ3) is 16.6. The van der Waals surface area contributed by atoms with E-state index in [0.717, 1.165) is 76.2 Å². The smallest absolute Gasteiger partial charge is 0.462 e. The first-order chi connectivity index (χ1) is 29.9. The molecule has 3 saturated carbocycles. The summed E-state index contributed by atoms with van der Waals surface area (Å²) in [7, 11) is -4.61. The van der Waals surface area contributed by atoms with Crippen molar-refractivity contribution in [3.05, 3.63) is 23.3 Å². The Kier molecular flexibility index (Phi) is 23.5. The number of ketones is 1. The van der Waals surface area contributed by atoms with Crippen LogP contribution in [-0.4, -0.2) is 48.0 Å². The maximum atomic E-state index is 13.7. The SMILES string of the molecule is C/C=C1\C(OP(=O)(O)OCC(COC(=O)CCCCCCCCCCCCC)OC(=O)CCCCCCCCCCCCC)CC2C3CCC4=CC(=O)CC[C@]4(C)C3CC[C@]12C. The molecule has 0 radical (unpaired) electrons. The third-order valence-corrected chi connectivity index (χ3v) is 16.5. The molecule has 0 aromatic carbocycles. The molecule has 0 bridgehead atoms. The zero-order valence-corrected chi connectivity index (χ0v) is 40.9. The number of ether oxygens (including phenoxy) is 2. The van der Waals surface area contributed by atoms with Crippen molar-refractivity contribution in [2.75, 3.05) is 13.2 Å². The van der Waals surface area contributed by atoms with Crippen molar-refractivity contribution in [2.24, 2.45) is 28.6 Å². The van der Waals surface area contributed by atoms with Gasteiger partial charge in [-0.25, -0.2) is 4.57 Å². The van der Waals surface area contributed by atoms with E-state index in [4.69, 9.17) is 18.5 Å². The van der Waals surface area contributed by atoms with E-state index in [9.17, 15) is 23.8 Å². The van der Waals surface area contributed by atoms with E-state index in [0.29, 0.717) is 31.1 Å². The lowest BCUT2D eigenvalue weighted by atomic mass is 9.47. The molecule has 356 valence electrons. The van der Waals surface area contributed by atoms with E-state index in [-0.39, 0.29) is 47.9 Å². The standard InChI is InChI=1S/C52H89O9P/c1-6-9-11-13-15-17-19-21-23-25-27-29-49(54)58-39-43(60-50(55)30-28-26-24-22-20-18-16-14-12-10-7-2)40-59-62(56,57)61-48-38-47-44-32-31-41-37-42(53)33-35-51(41,4)46(44)34-36-52(47,5)45(48)8-3/h8,37,43-44,46-48H,6-7,9-36,38-40H2,1-5H3,(H,56,57)/b45-8+/t43?,44?,46?,47?,48?,51-,52+/m0/s1. The van der Waals surface area contributed by atoms with Crippen LogP contribution in [0.4, 0.5) is 0 Å². The summed E-state index contributed by atoms with van der Waals surface area (Å²) in [6, 6.07) is 0. The Morgan fingerprint density at radius 2 is 1.26 bits per heavy atom. The van der Waals surface area contributed by atoms with Crippen LogP contribution in [0.2, 0.25) is 0 Å². The summed E-state index contributed by atoms with van der Waals surface area (Å²) in [5, 5.41) is 0. The largest absolute Gasteiger partial charge is 0.472 e. The Balaban J connectivity index is 1.26. The Labute approximate surface area is 377 Å². The van der Waals surface area contributed by atoms with Gasteiger partial charge in [-0.1, -0.05) is 168 Å². The van der Waals surface area contributed by atoms with E-state index in [1.807, 2.05) is 13.0 Å². The molecule has 0 aromatic rings. The maximum Gasteiger partial charge on any atom is 0.472 e. The summed E-state index contributed by atoms with van der Waals surface area (Å²) in [6.07, 6.45) is 35.0. The van der Waals surface area contributed by atoms with Crippen molar-refractivity contribution in [2.45, 2.75) is 246 Å². The fraction of sp³-hybridized carbons (Fsp3) is 0.865. The van der Waals surface area contributed by atoms with Crippen molar-refractivity contribution in [3.8, 4) is 0 Å². The Morgan fingerprint density at radius 3 is 1.81 bits per heavy atom. The molecule has 0 spiro atoms. The van der Waals surface area contributed by atoms with Crippen LogP contribution in [0.25, 0.3) is 0 Å². The molecule has 3 fully saturated rings. The van der Waals surface area contributed by atoms with Crippen LogP contribution in [0.15, 0.2) is 23.3 Å². The fourth-order valence-corrected chi connectivity index (χ4v) is 12.8. The van der Waals surface area contributed by atoms with E-state index in [1.165, 1.54) is 102 Å². The van der Waals surface area contributed by atoms with Gasteiger partial charge in [0.05, 0.1) is 12.7 Å². The summed E-state index contributed by atoms with van der Waals surface area (Å²) in [4.78, 5) is 49.4. The topological polar surface area (TPSA) is 125 Å². The van der Waals surface area contributed by atoms with Crippen molar-refractivity contribution >= 4 is 25.5 Å². The van der Waals surface area contributed by atoms with Crippen LogP contribution in [0, 0.1) is 28.6 Å². The van der Waals surface area contributed by atoms with Crippen molar-refractivity contribution < 1.29 is 42.4 Å². The predicted octanol–water partition coefficient (Wildman–Crippen LogP) is 14.4. The normalized spacial score (nSPS) is 27.8. The molecule has 1 N–H and O–H groups in total. The molecule has 0 heterocycles. The monoisotopic (exact) mass is 889 g/mol. The van der Waals surface area contributed by atoms with Gasteiger partial charge in [0.2, 0.25) is 0 Å². The maximum absolute atomic E-state index is 13.7. The molecule has 0 amide bonds. The zero-order valence-electron chi connectivity index (χ0n) is 40.0.